The summed E-state index contributed by atoms with van der Waals surface area (Å²) in [6.07, 6.45) is 0. The van der Waals surface area contributed by atoms with E-state index in [0.29, 0.717) is 17.5 Å². The van der Waals surface area contributed by atoms with Crippen LogP contribution < -0.4 is 0 Å². The van der Waals surface area contributed by atoms with Crippen molar-refractivity contribution in [1.29, 1.82) is 0 Å². The normalized spacial score (nSPS) is 11.9. The summed E-state index contributed by atoms with van der Waals surface area (Å²) in [5.74, 6) is 1.81. The summed E-state index contributed by atoms with van der Waals surface area (Å²) in [6, 6.07) is 62.4. The Labute approximate surface area is 325 Å². The Bertz CT molecular complexity index is 3410. The van der Waals surface area contributed by atoms with E-state index in [1.54, 1.807) is 0 Å². The largest absolute Gasteiger partial charge is 0.455 e. The maximum Gasteiger partial charge on any atom is 0.164 e. The lowest BCUT2D eigenvalue weighted by molar-refractivity contribution is 0.663. The first-order valence-corrected chi connectivity index (χ1v) is 19.0. The van der Waals surface area contributed by atoms with Crippen LogP contribution in [0.1, 0.15) is 0 Å². The van der Waals surface area contributed by atoms with Crippen LogP contribution in [0, 0.1) is 0 Å². The van der Waals surface area contributed by atoms with Gasteiger partial charge in [0.2, 0.25) is 0 Å². The number of aromatic nitrogens is 4. The molecule has 0 aliphatic carbocycles. The molecule has 0 radical (unpaired) electrons. The molecular weight excluding hydrogens is 701 g/mol. The van der Waals surface area contributed by atoms with Crippen LogP contribution >= 0.6 is 0 Å². The van der Waals surface area contributed by atoms with Crippen molar-refractivity contribution in [1.82, 2.24) is 19.5 Å². The Kier molecular flexibility index (Phi) is 6.83. The lowest BCUT2D eigenvalue weighted by atomic mass is 9.98. The molecule has 6 heteroatoms. The molecule has 0 bridgehead atoms. The molecule has 57 heavy (non-hydrogen) atoms. The molecule has 8 aromatic carbocycles. The fraction of sp³-hybridized carbons (Fsp3) is 0. The number of para-hydroxylation sites is 5. The average molecular weight is 731 g/mol. The molecule has 0 fully saturated rings. The molecule has 4 heterocycles. The predicted molar refractivity (Wildman–Crippen MR) is 230 cm³/mol. The molecular formula is C51H30N4O2. The molecule has 0 saturated carbocycles. The zero-order valence-corrected chi connectivity index (χ0v) is 30.4. The number of furan rings is 2. The number of hydrogen-bond donors (Lipinski definition) is 0. The Morgan fingerprint density at radius 3 is 1.46 bits per heavy atom. The van der Waals surface area contributed by atoms with Gasteiger partial charge in [0.1, 0.15) is 16.7 Å². The van der Waals surface area contributed by atoms with E-state index in [0.717, 1.165) is 88.4 Å². The SMILES string of the molecule is c1ccc(-c2nc(-c3ccccc3)nc(-c3cccc4oc5c(-c6cccc7c6oc6c(-n8c9ccccc9c9ccccc98)cccc67)cccc5c34)n2)cc1. The molecule has 0 amide bonds. The van der Waals surface area contributed by atoms with Crippen LogP contribution in [-0.2, 0) is 0 Å². The Hall–Kier alpha value is -7.83. The van der Waals surface area contributed by atoms with E-state index >= 15 is 0 Å². The summed E-state index contributed by atoms with van der Waals surface area (Å²) in [4.78, 5) is 15.1. The van der Waals surface area contributed by atoms with E-state index < -0.39 is 0 Å². The van der Waals surface area contributed by atoms with Gasteiger partial charge < -0.3 is 13.4 Å². The van der Waals surface area contributed by atoms with Crippen LogP contribution in [0.15, 0.2) is 191 Å². The maximum absolute atomic E-state index is 7.03. The molecule has 4 aromatic heterocycles. The van der Waals surface area contributed by atoms with Gasteiger partial charge in [-0.15, -0.1) is 0 Å². The lowest BCUT2D eigenvalue weighted by Crippen LogP contribution is -2.00. The quantitative estimate of drug-likeness (QED) is 0.176. The predicted octanol–water partition coefficient (Wildman–Crippen LogP) is 13.4. The highest BCUT2D eigenvalue weighted by atomic mass is 16.3. The van der Waals surface area contributed by atoms with Crippen molar-refractivity contribution in [2.75, 3.05) is 0 Å². The van der Waals surface area contributed by atoms with Crippen molar-refractivity contribution in [3.8, 4) is 51.0 Å². The van der Waals surface area contributed by atoms with E-state index in [1.165, 1.54) is 10.8 Å². The minimum absolute atomic E-state index is 0.582. The first-order chi connectivity index (χ1) is 28.3. The average Bonchev–Trinajstić information content (AvgIpc) is 3.97. The fourth-order valence-corrected chi connectivity index (χ4v) is 8.55. The number of benzene rings is 8. The van der Waals surface area contributed by atoms with E-state index in [1.807, 2.05) is 72.8 Å². The van der Waals surface area contributed by atoms with Gasteiger partial charge in [0.25, 0.3) is 0 Å². The van der Waals surface area contributed by atoms with E-state index in [9.17, 15) is 0 Å². The van der Waals surface area contributed by atoms with Crippen LogP contribution in [0.4, 0.5) is 0 Å². The summed E-state index contributed by atoms with van der Waals surface area (Å²) >= 11 is 0. The van der Waals surface area contributed by atoms with Crippen LogP contribution in [0.5, 0.6) is 0 Å². The number of nitrogens with zero attached hydrogens (tertiary/aromatic N) is 4. The number of fused-ring (bicyclic) bond motifs is 9. The summed E-state index contributed by atoms with van der Waals surface area (Å²) in [5, 5.41) is 6.45. The van der Waals surface area contributed by atoms with Crippen molar-refractivity contribution < 1.29 is 8.83 Å². The summed E-state index contributed by atoms with van der Waals surface area (Å²) < 4.78 is 16.2. The van der Waals surface area contributed by atoms with Crippen LogP contribution in [-0.4, -0.2) is 19.5 Å². The van der Waals surface area contributed by atoms with Crippen LogP contribution in [0.3, 0.4) is 0 Å². The highest BCUT2D eigenvalue weighted by Gasteiger charge is 2.23. The minimum atomic E-state index is 0.582. The summed E-state index contributed by atoms with van der Waals surface area (Å²) in [7, 11) is 0. The highest BCUT2D eigenvalue weighted by Crippen LogP contribution is 2.45. The summed E-state index contributed by atoms with van der Waals surface area (Å²) in [6.45, 7) is 0. The number of rotatable bonds is 5. The van der Waals surface area contributed by atoms with Crippen LogP contribution in [0.25, 0.3) is 117 Å². The van der Waals surface area contributed by atoms with Gasteiger partial charge in [0.15, 0.2) is 23.1 Å². The molecule has 6 nitrogen and oxygen atoms in total. The first-order valence-electron chi connectivity index (χ1n) is 19.0. The van der Waals surface area contributed by atoms with E-state index in [-0.39, 0.29) is 0 Å². The maximum atomic E-state index is 7.03. The van der Waals surface area contributed by atoms with E-state index in [2.05, 4.69) is 114 Å². The molecule has 0 aliphatic rings. The molecule has 0 atom stereocenters. The monoisotopic (exact) mass is 730 g/mol. The van der Waals surface area contributed by atoms with Crippen molar-refractivity contribution >= 4 is 65.7 Å². The van der Waals surface area contributed by atoms with Gasteiger partial charge in [-0.05, 0) is 24.3 Å². The third-order valence-corrected chi connectivity index (χ3v) is 11.1. The molecule has 0 aliphatic heterocycles. The fourth-order valence-electron chi connectivity index (χ4n) is 8.55. The van der Waals surface area contributed by atoms with Gasteiger partial charge in [-0.3, -0.25) is 0 Å². The van der Waals surface area contributed by atoms with E-state index in [4.69, 9.17) is 23.8 Å². The Balaban J connectivity index is 1.07. The smallest absolute Gasteiger partial charge is 0.164 e. The third-order valence-electron chi connectivity index (χ3n) is 11.1. The van der Waals surface area contributed by atoms with Gasteiger partial charge in [-0.25, -0.2) is 15.0 Å². The molecule has 266 valence electrons. The lowest BCUT2D eigenvalue weighted by Gasteiger charge is -2.09. The van der Waals surface area contributed by atoms with Gasteiger partial charge in [0.05, 0.1) is 16.7 Å². The summed E-state index contributed by atoms with van der Waals surface area (Å²) in [5.41, 5.74) is 11.1. The Morgan fingerprint density at radius 2 is 0.807 bits per heavy atom. The van der Waals surface area contributed by atoms with Gasteiger partial charge >= 0.3 is 0 Å². The second kappa shape index (κ2) is 12.3. The molecule has 0 N–H and O–H groups in total. The van der Waals surface area contributed by atoms with Crippen LogP contribution in [0.2, 0.25) is 0 Å². The standard InChI is InChI=1S/C51H30N4O2/c1-3-15-31(16-4-1)49-52-50(32-17-5-2-6-18-32)54-51(53-49)40-26-14-30-44-45(40)39-25-12-23-36(47(39)56-44)35-21-11-22-37-38-24-13-29-43(48(38)57-46(35)37)55-41-27-9-7-19-33(41)34-20-8-10-28-42(34)55/h1-30H. The molecule has 0 unspecified atom stereocenters. The third kappa shape index (κ3) is 4.81. The van der Waals surface area contributed by atoms with Gasteiger partial charge in [-0.1, -0.05) is 158 Å². The van der Waals surface area contributed by atoms with Gasteiger partial charge in [0, 0.05) is 60.1 Å². The zero-order valence-electron chi connectivity index (χ0n) is 30.4. The molecule has 0 spiro atoms. The van der Waals surface area contributed by atoms with Crippen molar-refractivity contribution in [3.63, 3.8) is 0 Å². The topological polar surface area (TPSA) is 69.9 Å². The second-order valence-electron chi connectivity index (χ2n) is 14.3. The number of hydrogen-bond acceptors (Lipinski definition) is 5. The second-order valence-corrected chi connectivity index (χ2v) is 14.3. The highest BCUT2D eigenvalue weighted by molar-refractivity contribution is 6.18. The van der Waals surface area contributed by atoms with Gasteiger partial charge in [-0.2, -0.15) is 0 Å². The van der Waals surface area contributed by atoms with Crippen molar-refractivity contribution in [2.24, 2.45) is 0 Å². The minimum Gasteiger partial charge on any atom is -0.455 e. The van der Waals surface area contributed by atoms with Crippen molar-refractivity contribution in [3.05, 3.63) is 182 Å². The molecule has 0 saturated heterocycles. The first kappa shape index (κ1) is 31.5. The van der Waals surface area contributed by atoms with Crippen molar-refractivity contribution in [2.45, 2.75) is 0 Å². The Morgan fingerprint density at radius 1 is 0.333 bits per heavy atom. The zero-order chi connectivity index (χ0) is 37.5. The molecule has 12 aromatic rings. The molecule has 12 rings (SSSR count).